The predicted molar refractivity (Wildman–Crippen MR) is 128 cm³/mol. The maximum absolute atomic E-state index is 13.0. The van der Waals surface area contributed by atoms with E-state index in [9.17, 15) is 14.4 Å². The van der Waals surface area contributed by atoms with E-state index in [0.29, 0.717) is 39.1 Å². The van der Waals surface area contributed by atoms with Gasteiger partial charge in [0.05, 0.1) is 6.54 Å². The summed E-state index contributed by atoms with van der Waals surface area (Å²) in [5, 5.41) is 0. The second-order valence-corrected chi connectivity index (χ2v) is 8.35. The highest BCUT2D eigenvalue weighted by Crippen LogP contribution is 2.11. The topological polar surface area (TPSA) is 62.6 Å². The number of rotatable bonds is 7. The number of carbonyl (C=O) groups excluding carboxylic acids is 2. The van der Waals surface area contributed by atoms with Crippen molar-refractivity contribution < 1.29 is 9.59 Å². The molecule has 1 aliphatic heterocycles. The maximum Gasteiger partial charge on any atom is 0.263 e. The Morgan fingerprint density at radius 1 is 0.727 bits per heavy atom. The summed E-state index contributed by atoms with van der Waals surface area (Å²) in [7, 11) is 0. The standard InChI is InChI=1S/C27H29N3O3/c31-25(15-7-13-22-9-3-1-4-10-22)28-17-19-29(20-18-28)26(32)24-14-8-16-30(27(24)33)21-23-11-5-2-6-12-23/h1-6,8-12,14,16H,7,13,15,17-21H2. The molecule has 2 aromatic carbocycles. The van der Waals surface area contributed by atoms with E-state index in [2.05, 4.69) is 12.1 Å². The Kier molecular flexibility index (Phi) is 7.35. The first-order valence-corrected chi connectivity index (χ1v) is 11.5. The molecule has 2 heterocycles. The third-order valence-electron chi connectivity index (χ3n) is 6.06. The van der Waals surface area contributed by atoms with Gasteiger partial charge in [0.15, 0.2) is 0 Å². The SMILES string of the molecule is O=C(CCCc1ccccc1)N1CCN(C(=O)c2cccn(Cc3ccccc3)c2=O)CC1. The van der Waals surface area contributed by atoms with Gasteiger partial charge in [0.2, 0.25) is 5.91 Å². The van der Waals surface area contributed by atoms with Crippen LogP contribution < -0.4 is 5.56 Å². The number of aryl methyl sites for hydroxylation is 1. The Bertz CT molecular complexity index is 1130. The third-order valence-corrected chi connectivity index (χ3v) is 6.06. The minimum absolute atomic E-state index is 0.128. The second kappa shape index (κ2) is 10.8. The highest BCUT2D eigenvalue weighted by atomic mass is 16.2. The molecule has 0 bridgehead atoms. The molecule has 170 valence electrons. The van der Waals surface area contributed by atoms with Crippen molar-refractivity contribution in [2.75, 3.05) is 26.2 Å². The molecule has 0 N–H and O–H groups in total. The Labute approximate surface area is 194 Å². The molecule has 0 spiro atoms. The molecule has 1 aromatic heterocycles. The lowest BCUT2D eigenvalue weighted by atomic mass is 10.1. The summed E-state index contributed by atoms with van der Waals surface area (Å²) in [5.74, 6) is -0.137. The van der Waals surface area contributed by atoms with Crippen LogP contribution >= 0.6 is 0 Å². The van der Waals surface area contributed by atoms with E-state index < -0.39 is 0 Å². The molecule has 1 aliphatic rings. The molecule has 0 aliphatic carbocycles. The van der Waals surface area contributed by atoms with Crippen molar-refractivity contribution in [1.82, 2.24) is 14.4 Å². The fourth-order valence-electron chi connectivity index (χ4n) is 4.18. The van der Waals surface area contributed by atoms with Crippen molar-refractivity contribution >= 4 is 11.8 Å². The van der Waals surface area contributed by atoms with Gasteiger partial charge in [-0.25, -0.2) is 0 Å². The molecule has 0 radical (unpaired) electrons. The van der Waals surface area contributed by atoms with Gasteiger partial charge in [0, 0.05) is 38.8 Å². The predicted octanol–water partition coefficient (Wildman–Crippen LogP) is 3.20. The quantitative estimate of drug-likeness (QED) is 0.563. The van der Waals surface area contributed by atoms with E-state index in [1.54, 1.807) is 27.8 Å². The Hall–Kier alpha value is -3.67. The van der Waals surface area contributed by atoms with E-state index in [0.717, 1.165) is 18.4 Å². The number of amides is 2. The van der Waals surface area contributed by atoms with Crippen molar-refractivity contribution in [2.24, 2.45) is 0 Å². The summed E-state index contributed by atoms with van der Waals surface area (Å²) in [6.07, 6.45) is 3.91. The molecule has 0 atom stereocenters. The van der Waals surface area contributed by atoms with Gasteiger partial charge in [0.1, 0.15) is 5.56 Å². The van der Waals surface area contributed by atoms with Crippen molar-refractivity contribution in [3.63, 3.8) is 0 Å². The first-order chi connectivity index (χ1) is 16.1. The van der Waals surface area contributed by atoms with Gasteiger partial charge in [-0.2, -0.15) is 0 Å². The molecule has 1 fully saturated rings. The Morgan fingerprint density at radius 2 is 1.33 bits per heavy atom. The van der Waals surface area contributed by atoms with Crippen LogP contribution in [0.3, 0.4) is 0 Å². The fraction of sp³-hybridized carbons (Fsp3) is 0.296. The number of hydrogen-bond acceptors (Lipinski definition) is 3. The minimum Gasteiger partial charge on any atom is -0.339 e. The lowest BCUT2D eigenvalue weighted by Gasteiger charge is -2.34. The van der Waals surface area contributed by atoms with Gasteiger partial charge < -0.3 is 14.4 Å². The molecule has 6 heteroatoms. The van der Waals surface area contributed by atoms with E-state index in [1.165, 1.54) is 5.56 Å². The van der Waals surface area contributed by atoms with Crippen LogP contribution in [-0.4, -0.2) is 52.4 Å². The van der Waals surface area contributed by atoms with Crippen LogP contribution in [0.5, 0.6) is 0 Å². The molecule has 4 rings (SSSR count). The summed E-state index contributed by atoms with van der Waals surface area (Å²) in [4.78, 5) is 42.0. The highest BCUT2D eigenvalue weighted by Gasteiger charge is 2.26. The van der Waals surface area contributed by atoms with Crippen molar-refractivity contribution in [3.8, 4) is 0 Å². The first-order valence-electron chi connectivity index (χ1n) is 11.5. The maximum atomic E-state index is 13.0. The summed E-state index contributed by atoms with van der Waals surface area (Å²) < 4.78 is 1.56. The highest BCUT2D eigenvalue weighted by molar-refractivity contribution is 5.94. The average molecular weight is 444 g/mol. The number of piperazine rings is 1. The molecule has 0 saturated carbocycles. The van der Waals surface area contributed by atoms with Gasteiger partial charge in [-0.15, -0.1) is 0 Å². The summed E-state index contributed by atoms with van der Waals surface area (Å²) in [5.41, 5.74) is 2.13. The van der Waals surface area contributed by atoms with Gasteiger partial charge in [0.25, 0.3) is 11.5 Å². The zero-order chi connectivity index (χ0) is 23.0. The van der Waals surface area contributed by atoms with Gasteiger partial charge in [-0.3, -0.25) is 14.4 Å². The Balaban J connectivity index is 1.30. The smallest absolute Gasteiger partial charge is 0.263 e. The number of nitrogens with zero attached hydrogens (tertiary/aromatic N) is 3. The number of benzene rings is 2. The molecule has 3 aromatic rings. The van der Waals surface area contributed by atoms with Gasteiger partial charge in [-0.1, -0.05) is 60.7 Å². The minimum atomic E-state index is -0.286. The van der Waals surface area contributed by atoms with Gasteiger partial charge >= 0.3 is 0 Å². The number of carbonyl (C=O) groups is 2. The summed E-state index contributed by atoms with van der Waals surface area (Å²) in [6.45, 7) is 2.31. The van der Waals surface area contributed by atoms with Gasteiger partial charge in [-0.05, 0) is 36.1 Å². The van der Waals surface area contributed by atoms with Crippen molar-refractivity contribution in [1.29, 1.82) is 0 Å². The van der Waals surface area contributed by atoms with E-state index >= 15 is 0 Å². The second-order valence-electron chi connectivity index (χ2n) is 8.35. The Morgan fingerprint density at radius 3 is 2.00 bits per heavy atom. The molecule has 0 unspecified atom stereocenters. The first kappa shape index (κ1) is 22.5. The third kappa shape index (κ3) is 5.77. The average Bonchev–Trinajstić information content (AvgIpc) is 2.86. The fourth-order valence-corrected chi connectivity index (χ4v) is 4.18. The van der Waals surface area contributed by atoms with Crippen LogP contribution in [0.15, 0.2) is 83.8 Å². The summed E-state index contributed by atoms with van der Waals surface area (Å²) in [6, 6.07) is 23.2. The molecule has 2 amide bonds. The molecular formula is C27H29N3O3. The number of aromatic nitrogens is 1. The van der Waals surface area contributed by atoms with E-state index in [-0.39, 0.29) is 22.9 Å². The van der Waals surface area contributed by atoms with E-state index in [1.807, 2.05) is 53.4 Å². The largest absolute Gasteiger partial charge is 0.339 e. The lowest BCUT2D eigenvalue weighted by Crippen LogP contribution is -2.51. The van der Waals surface area contributed by atoms with Crippen molar-refractivity contribution in [3.05, 3.63) is 106 Å². The lowest BCUT2D eigenvalue weighted by molar-refractivity contribution is -0.132. The summed E-state index contributed by atoms with van der Waals surface area (Å²) >= 11 is 0. The van der Waals surface area contributed by atoms with Crippen LogP contribution in [0.4, 0.5) is 0 Å². The number of pyridine rings is 1. The van der Waals surface area contributed by atoms with Crippen LogP contribution in [0.25, 0.3) is 0 Å². The van der Waals surface area contributed by atoms with Crippen LogP contribution in [0.1, 0.15) is 34.3 Å². The van der Waals surface area contributed by atoms with Crippen molar-refractivity contribution in [2.45, 2.75) is 25.8 Å². The monoisotopic (exact) mass is 443 g/mol. The molecule has 6 nitrogen and oxygen atoms in total. The number of hydrogen-bond donors (Lipinski definition) is 0. The normalized spacial score (nSPS) is 13.7. The van der Waals surface area contributed by atoms with E-state index in [4.69, 9.17) is 0 Å². The molecular weight excluding hydrogens is 414 g/mol. The van der Waals surface area contributed by atoms with Crippen LogP contribution in [-0.2, 0) is 17.8 Å². The zero-order valence-electron chi connectivity index (χ0n) is 18.7. The molecule has 33 heavy (non-hydrogen) atoms. The van der Waals surface area contributed by atoms with Crippen LogP contribution in [0, 0.1) is 0 Å². The van der Waals surface area contributed by atoms with Crippen LogP contribution in [0.2, 0.25) is 0 Å². The molecule has 1 saturated heterocycles. The zero-order valence-corrected chi connectivity index (χ0v) is 18.7.